The second-order valence-corrected chi connectivity index (χ2v) is 7.95. The molecule has 0 unspecified atom stereocenters. The lowest BCUT2D eigenvalue weighted by atomic mass is 10.2. The summed E-state index contributed by atoms with van der Waals surface area (Å²) in [6.07, 6.45) is 3.15. The first kappa shape index (κ1) is 20.7. The Kier molecular flexibility index (Phi) is 5.77. The molecule has 0 saturated carbocycles. The van der Waals surface area contributed by atoms with Gasteiger partial charge < -0.3 is 10.6 Å². The molecule has 0 aliphatic rings. The quantitative estimate of drug-likeness (QED) is 0.430. The van der Waals surface area contributed by atoms with E-state index in [2.05, 4.69) is 46.8 Å². The van der Waals surface area contributed by atoms with Crippen molar-refractivity contribution in [2.24, 2.45) is 0 Å². The molecule has 0 fully saturated rings. The van der Waals surface area contributed by atoms with Crippen molar-refractivity contribution in [1.82, 2.24) is 25.0 Å². The van der Waals surface area contributed by atoms with Crippen LogP contribution in [-0.4, -0.2) is 30.9 Å². The van der Waals surface area contributed by atoms with Crippen LogP contribution >= 0.6 is 15.9 Å². The summed E-state index contributed by atoms with van der Waals surface area (Å²) in [7, 11) is 0. The monoisotopic (exact) mass is 477 g/mol. The summed E-state index contributed by atoms with van der Waals surface area (Å²) < 4.78 is 2.54. The number of aryl methyl sites for hydroxylation is 1. The second-order valence-electron chi connectivity index (χ2n) is 7.03. The van der Waals surface area contributed by atoms with Gasteiger partial charge in [-0.15, -0.1) is 10.2 Å². The van der Waals surface area contributed by atoms with Crippen molar-refractivity contribution in [3.8, 4) is 5.82 Å². The van der Waals surface area contributed by atoms with Gasteiger partial charge in [-0.2, -0.15) is 5.10 Å². The average Bonchev–Trinajstić information content (AvgIpc) is 3.03. The molecule has 1 amide bonds. The highest BCUT2D eigenvalue weighted by molar-refractivity contribution is 9.10. The number of amides is 1. The minimum atomic E-state index is -0.227. The lowest BCUT2D eigenvalue weighted by molar-refractivity contribution is 0.102. The maximum absolute atomic E-state index is 12.3. The SMILES string of the molecule is Cc1nn(-c2ccc(Nc3ccc(NC(=O)c4cncc(Br)c4)cc3)nn2)c(C)c1C. The Labute approximate surface area is 187 Å². The van der Waals surface area contributed by atoms with Gasteiger partial charge in [-0.3, -0.25) is 9.78 Å². The van der Waals surface area contributed by atoms with Gasteiger partial charge in [0, 0.05) is 33.9 Å². The minimum Gasteiger partial charge on any atom is -0.339 e. The first-order valence-electron chi connectivity index (χ1n) is 9.56. The van der Waals surface area contributed by atoms with Crippen molar-refractivity contribution < 1.29 is 4.79 Å². The molecule has 3 heterocycles. The number of pyridine rings is 1. The van der Waals surface area contributed by atoms with Gasteiger partial charge in [0.15, 0.2) is 11.6 Å². The highest BCUT2D eigenvalue weighted by Crippen LogP contribution is 2.20. The standard InChI is InChI=1S/C22H20BrN7O/c1-13-14(2)29-30(15(13)3)21-9-8-20(27-28-21)25-18-4-6-19(7-5-18)26-22(31)16-10-17(23)12-24-11-16/h4-12H,1-3H3,(H,25,27)(H,26,31). The van der Waals surface area contributed by atoms with E-state index in [1.807, 2.05) is 57.2 Å². The van der Waals surface area contributed by atoms with Crippen LogP contribution in [0.4, 0.5) is 17.2 Å². The fourth-order valence-corrected chi connectivity index (χ4v) is 3.34. The van der Waals surface area contributed by atoms with Crippen molar-refractivity contribution in [1.29, 1.82) is 0 Å². The van der Waals surface area contributed by atoms with E-state index in [-0.39, 0.29) is 5.91 Å². The van der Waals surface area contributed by atoms with Gasteiger partial charge in [0.25, 0.3) is 5.91 Å². The van der Waals surface area contributed by atoms with Crippen LogP contribution in [0.3, 0.4) is 0 Å². The van der Waals surface area contributed by atoms with Crippen LogP contribution in [-0.2, 0) is 0 Å². The van der Waals surface area contributed by atoms with Crippen molar-refractivity contribution in [3.63, 3.8) is 0 Å². The summed E-state index contributed by atoms with van der Waals surface area (Å²) in [6, 6.07) is 12.8. The van der Waals surface area contributed by atoms with E-state index in [0.29, 0.717) is 22.9 Å². The third-order valence-corrected chi connectivity index (χ3v) is 5.34. The Morgan fingerprint density at radius 1 is 0.968 bits per heavy atom. The summed E-state index contributed by atoms with van der Waals surface area (Å²) in [5.41, 5.74) is 5.15. The van der Waals surface area contributed by atoms with E-state index in [9.17, 15) is 4.79 Å². The number of carbonyl (C=O) groups is 1. The van der Waals surface area contributed by atoms with E-state index in [1.54, 1.807) is 16.9 Å². The third-order valence-electron chi connectivity index (χ3n) is 4.90. The molecule has 4 aromatic rings. The molecule has 0 atom stereocenters. The van der Waals surface area contributed by atoms with Crippen molar-refractivity contribution in [2.75, 3.05) is 10.6 Å². The van der Waals surface area contributed by atoms with Gasteiger partial charge in [-0.05, 0) is 84.7 Å². The smallest absolute Gasteiger partial charge is 0.257 e. The summed E-state index contributed by atoms with van der Waals surface area (Å²) in [6.45, 7) is 6.03. The van der Waals surface area contributed by atoms with E-state index in [4.69, 9.17) is 0 Å². The van der Waals surface area contributed by atoms with Crippen LogP contribution in [0.5, 0.6) is 0 Å². The molecule has 1 aromatic carbocycles. The highest BCUT2D eigenvalue weighted by Gasteiger charge is 2.11. The number of aromatic nitrogens is 5. The Bertz CT molecular complexity index is 1230. The fraction of sp³-hybridized carbons (Fsp3) is 0.136. The topological polar surface area (TPSA) is 97.6 Å². The first-order valence-corrected chi connectivity index (χ1v) is 10.4. The molecule has 31 heavy (non-hydrogen) atoms. The molecule has 0 spiro atoms. The normalized spacial score (nSPS) is 10.7. The summed E-state index contributed by atoms with van der Waals surface area (Å²) in [5, 5.41) is 19.1. The maximum atomic E-state index is 12.3. The number of benzene rings is 1. The van der Waals surface area contributed by atoms with E-state index >= 15 is 0 Å². The zero-order valence-electron chi connectivity index (χ0n) is 17.2. The Morgan fingerprint density at radius 2 is 1.71 bits per heavy atom. The molecular weight excluding hydrogens is 458 g/mol. The first-order chi connectivity index (χ1) is 14.9. The van der Waals surface area contributed by atoms with Crippen molar-refractivity contribution in [2.45, 2.75) is 20.8 Å². The number of carbonyl (C=O) groups excluding carboxylic acids is 1. The number of nitrogens with zero attached hydrogens (tertiary/aromatic N) is 5. The van der Waals surface area contributed by atoms with Crippen LogP contribution in [0.1, 0.15) is 27.3 Å². The van der Waals surface area contributed by atoms with Crippen LogP contribution in [0.2, 0.25) is 0 Å². The third kappa shape index (κ3) is 4.61. The van der Waals surface area contributed by atoms with E-state index < -0.39 is 0 Å². The largest absolute Gasteiger partial charge is 0.339 e. The lowest BCUT2D eigenvalue weighted by Crippen LogP contribution is -2.12. The van der Waals surface area contributed by atoms with Gasteiger partial charge in [-0.1, -0.05) is 0 Å². The molecule has 0 radical (unpaired) electrons. The maximum Gasteiger partial charge on any atom is 0.257 e. The van der Waals surface area contributed by atoms with Crippen molar-refractivity contribution >= 4 is 39.0 Å². The Balaban J connectivity index is 1.42. The van der Waals surface area contributed by atoms with Gasteiger partial charge in [0.05, 0.1) is 11.3 Å². The van der Waals surface area contributed by atoms with Crippen molar-refractivity contribution in [3.05, 3.63) is 81.8 Å². The molecule has 0 aliphatic heterocycles. The van der Waals surface area contributed by atoms with Crippen LogP contribution in [0.15, 0.2) is 59.3 Å². The highest BCUT2D eigenvalue weighted by atomic mass is 79.9. The number of halogens is 1. The number of hydrogen-bond acceptors (Lipinski definition) is 6. The van der Waals surface area contributed by atoms with Crippen LogP contribution in [0.25, 0.3) is 5.82 Å². The second kappa shape index (κ2) is 8.65. The van der Waals surface area contributed by atoms with Crippen LogP contribution < -0.4 is 10.6 Å². The number of hydrogen-bond donors (Lipinski definition) is 2. The predicted molar refractivity (Wildman–Crippen MR) is 123 cm³/mol. The van der Waals surface area contributed by atoms with Gasteiger partial charge in [0.2, 0.25) is 0 Å². The summed E-state index contributed by atoms with van der Waals surface area (Å²) in [5.74, 6) is 1.05. The molecular formula is C22H20BrN7O. The number of anilines is 3. The molecule has 156 valence electrons. The Morgan fingerprint density at radius 3 is 2.32 bits per heavy atom. The Hall–Kier alpha value is -3.59. The fourth-order valence-electron chi connectivity index (χ4n) is 2.97. The molecule has 3 aromatic heterocycles. The summed E-state index contributed by atoms with van der Waals surface area (Å²) in [4.78, 5) is 16.3. The number of nitrogens with one attached hydrogen (secondary N) is 2. The van der Waals surface area contributed by atoms with Crippen LogP contribution in [0, 0.1) is 20.8 Å². The van der Waals surface area contributed by atoms with E-state index in [1.165, 1.54) is 6.20 Å². The van der Waals surface area contributed by atoms with E-state index in [0.717, 1.165) is 27.1 Å². The molecule has 9 heteroatoms. The zero-order valence-corrected chi connectivity index (χ0v) is 18.8. The van der Waals surface area contributed by atoms with Gasteiger partial charge in [-0.25, -0.2) is 4.68 Å². The summed E-state index contributed by atoms with van der Waals surface area (Å²) >= 11 is 3.32. The van der Waals surface area contributed by atoms with Gasteiger partial charge >= 0.3 is 0 Å². The number of rotatable bonds is 5. The zero-order chi connectivity index (χ0) is 22.0. The minimum absolute atomic E-state index is 0.227. The molecule has 0 saturated heterocycles. The molecule has 2 N–H and O–H groups in total. The predicted octanol–water partition coefficient (Wildman–Crippen LogP) is 4.74. The van der Waals surface area contributed by atoms with Gasteiger partial charge in [0.1, 0.15) is 0 Å². The molecule has 8 nitrogen and oxygen atoms in total. The molecule has 4 rings (SSSR count). The molecule has 0 bridgehead atoms. The average molecular weight is 478 g/mol. The molecule has 0 aliphatic carbocycles. The lowest BCUT2D eigenvalue weighted by Gasteiger charge is -2.09.